The van der Waals surface area contributed by atoms with E-state index in [0.717, 1.165) is 65.1 Å². The number of imidazole rings is 2. The molecule has 0 radical (unpaired) electrons. The van der Waals surface area contributed by atoms with Crippen LogP contribution in [0.1, 0.15) is 77.1 Å². The highest BCUT2D eigenvalue weighted by atomic mass is 16.4. The smallest absolute Gasteiger partial charge is 0.405 e. The third kappa shape index (κ3) is 8.08. The van der Waals surface area contributed by atoms with Gasteiger partial charge in [-0.15, -0.1) is 0 Å². The van der Waals surface area contributed by atoms with Crippen molar-refractivity contribution in [2.75, 3.05) is 18.4 Å². The van der Waals surface area contributed by atoms with Gasteiger partial charge in [0, 0.05) is 19.3 Å². The number of likely N-dealkylation sites (tertiary alicyclic amines) is 2. The van der Waals surface area contributed by atoms with Crippen molar-refractivity contribution < 1.29 is 19.5 Å². The Hall–Kier alpha value is -6.05. The average Bonchev–Trinajstić information content (AvgIpc) is 4.02. The number of carbonyl (C=O) groups is 3. The predicted octanol–water partition coefficient (Wildman–Crippen LogP) is 6.68. The summed E-state index contributed by atoms with van der Waals surface area (Å²) in [5, 5.41) is 15.0. The monoisotopic (exact) mass is 744 g/mol. The summed E-state index contributed by atoms with van der Waals surface area (Å²) in [5.41, 5.74) is 5.85. The van der Waals surface area contributed by atoms with Gasteiger partial charge in [0.25, 0.3) is 0 Å². The van der Waals surface area contributed by atoms with E-state index in [9.17, 15) is 19.5 Å². The normalized spacial score (nSPS) is 18.1. The quantitative estimate of drug-likeness (QED) is 0.0930. The van der Waals surface area contributed by atoms with E-state index in [4.69, 9.17) is 4.98 Å². The van der Waals surface area contributed by atoms with Gasteiger partial charge < -0.3 is 35.5 Å². The van der Waals surface area contributed by atoms with E-state index in [2.05, 4.69) is 72.0 Å². The van der Waals surface area contributed by atoms with Crippen molar-refractivity contribution in [3.05, 3.63) is 91.2 Å². The predicted molar refractivity (Wildman–Crippen MR) is 208 cm³/mol. The Morgan fingerprint density at radius 2 is 1.16 bits per heavy atom. The number of benzene rings is 2. The van der Waals surface area contributed by atoms with Gasteiger partial charge in [-0.3, -0.25) is 9.59 Å². The van der Waals surface area contributed by atoms with Gasteiger partial charge in [0.1, 0.15) is 35.9 Å². The molecule has 55 heavy (non-hydrogen) atoms. The number of carboxylic acid groups (broad SMARTS) is 1. The third-order valence-corrected chi connectivity index (χ3v) is 10.6. The number of aromatic nitrogens is 6. The molecule has 2 fully saturated rings. The van der Waals surface area contributed by atoms with Crippen LogP contribution in [-0.4, -0.2) is 87.9 Å². The number of rotatable bonds is 12. The van der Waals surface area contributed by atoms with Gasteiger partial charge in [-0.2, -0.15) is 0 Å². The second-order valence-electron chi connectivity index (χ2n) is 15.0. The van der Waals surface area contributed by atoms with E-state index in [0.29, 0.717) is 24.7 Å². The second-order valence-corrected chi connectivity index (χ2v) is 15.0. The maximum atomic E-state index is 13.8. The lowest BCUT2D eigenvalue weighted by atomic mass is 10.0. The first-order valence-electron chi connectivity index (χ1n) is 19.0. The van der Waals surface area contributed by atoms with Crippen LogP contribution >= 0.6 is 0 Å². The zero-order valence-electron chi connectivity index (χ0n) is 31.6. The molecule has 5 N–H and O–H groups in total. The molecule has 3 aromatic heterocycles. The molecular weight excluding hydrogens is 697 g/mol. The number of nitrogens with one attached hydrogen (secondary N) is 4. The summed E-state index contributed by atoms with van der Waals surface area (Å²) < 4.78 is 0. The topological polar surface area (TPSA) is 185 Å². The van der Waals surface area contributed by atoms with Crippen LogP contribution in [0.5, 0.6) is 0 Å². The number of H-pyrrole nitrogens is 2. The first-order valence-corrected chi connectivity index (χ1v) is 19.0. The average molecular weight is 745 g/mol. The van der Waals surface area contributed by atoms with Gasteiger partial charge in [-0.05, 0) is 65.8 Å². The molecule has 0 unspecified atom stereocenters. The van der Waals surface area contributed by atoms with Gasteiger partial charge in [-0.25, -0.2) is 24.7 Å². The number of hydrogen-bond acceptors (Lipinski definition) is 8. The molecule has 7 rings (SSSR count). The Labute approximate surface area is 320 Å². The van der Waals surface area contributed by atoms with Gasteiger partial charge >= 0.3 is 6.09 Å². The second kappa shape index (κ2) is 16.1. The van der Waals surface area contributed by atoms with E-state index in [1.165, 1.54) is 6.33 Å². The molecule has 5 heterocycles. The van der Waals surface area contributed by atoms with Gasteiger partial charge in [-0.1, -0.05) is 76.2 Å². The van der Waals surface area contributed by atoms with Crippen LogP contribution in [0.25, 0.3) is 33.6 Å². The molecule has 0 bridgehead atoms. The molecule has 286 valence electrons. The minimum Gasteiger partial charge on any atom is -0.465 e. The standard InChI is InChI=1S/C41H48N10O4/c1-24(2)35(48-34-17-18-42-23-45-34)39(52)50-19-5-7-32(50)37-43-21-30(46-37)28-13-9-26(10-14-28)27-11-15-29(16-12-27)31-22-44-38(47-31)33-8-6-20-51(33)40(53)36(25(3)4)49-41(54)55/h9-18,21-25,32-33,35-36,49H,5-8,19-20H2,1-4H3,(H,43,46)(H,44,47)(H,54,55)(H,42,45,48)/t32-,33-,35-,36-/m0/s1. The molecule has 0 spiro atoms. The lowest BCUT2D eigenvalue weighted by Crippen LogP contribution is -2.50. The first kappa shape index (κ1) is 37.3. The van der Waals surface area contributed by atoms with E-state index >= 15 is 0 Å². The summed E-state index contributed by atoms with van der Waals surface area (Å²) >= 11 is 0. The first-order chi connectivity index (χ1) is 26.6. The van der Waals surface area contributed by atoms with Gasteiger partial charge in [0.15, 0.2) is 0 Å². The molecule has 5 aromatic rings. The van der Waals surface area contributed by atoms with Crippen molar-refractivity contribution in [3.63, 3.8) is 0 Å². The fourth-order valence-electron chi connectivity index (χ4n) is 7.67. The Morgan fingerprint density at radius 1 is 0.691 bits per heavy atom. The largest absolute Gasteiger partial charge is 0.465 e. The summed E-state index contributed by atoms with van der Waals surface area (Å²) in [6.07, 6.45) is 8.88. The zero-order valence-corrected chi connectivity index (χ0v) is 31.6. The lowest BCUT2D eigenvalue weighted by Gasteiger charge is -2.30. The summed E-state index contributed by atoms with van der Waals surface area (Å²) in [7, 11) is 0. The highest BCUT2D eigenvalue weighted by Gasteiger charge is 2.38. The van der Waals surface area contributed by atoms with E-state index in [1.54, 1.807) is 23.4 Å². The van der Waals surface area contributed by atoms with Crippen molar-refractivity contribution in [2.24, 2.45) is 11.8 Å². The van der Waals surface area contributed by atoms with Crippen molar-refractivity contribution >= 4 is 23.7 Å². The Morgan fingerprint density at radius 3 is 1.60 bits per heavy atom. The van der Waals surface area contributed by atoms with Crippen LogP contribution in [0.4, 0.5) is 10.6 Å². The van der Waals surface area contributed by atoms with Crippen LogP contribution in [-0.2, 0) is 9.59 Å². The Balaban J connectivity index is 1.00. The molecular formula is C41H48N10O4. The van der Waals surface area contributed by atoms with Crippen LogP contribution in [0.15, 0.2) is 79.5 Å². The number of nitrogens with zero attached hydrogens (tertiary/aromatic N) is 6. The number of hydrogen-bond donors (Lipinski definition) is 5. The molecule has 2 aliphatic heterocycles. The fourth-order valence-corrected chi connectivity index (χ4v) is 7.67. The highest BCUT2D eigenvalue weighted by molar-refractivity contribution is 5.86. The third-order valence-electron chi connectivity index (χ3n) is 10.6. The van der Waals surface area contributed by atoms with Gasteiger partial charge in [0.2, 0.25) is 11.8 Å². The van der Waals surface area contributed by atoms with Crippen molar-refractivity contribution in [2.45, 2.75) is 77.5 Å². The Bertz CT molecular complexity index is 2100. The van der Waals surface area contributed by atoms with Crippen LogP contribution in [0, 0.1) is 11.8 Å². The van der Waals surface area contributed by atoms with Crippen LogP contribution < -0.4 is 10.6 Å². The molecule has 0 aliphatic carbocycles. The lowest BCUT2D eigenvalue weighted by molar-refractivity contribution is -0.135. The molecule has 4 atom stereocenters. The summed E-state index contributed by atoms with van der Waals surface area (Å²) in [5.74, 6) is 1.80. The minimum absolute atomic E-state index is 0.0388. The summed E-state index contributed by atoms with van der Waals surface area (Å²) in [6.45, 7) is 8.97. The summed E-state index contributed by atoms with van der Waals surface area (Å²) in [6, 6.07) is 16.7. The van der Waals surface area contributed by atoms with Crippen LogP contribution in [0.2, 0.25) is 0 Å². The molecule has 0 saturated carbocycles. The van der Waals surface area contributed by atoms with Crippen LogP contribution in [0.3, 0.4) is 0 Å². The van der Waals surface area contributed by atoms with Crippen molar-refractivity contribution in [1.29, 1.82) is 0 Å². The van der Waals surface area contributed by atoms with E-state index < -0.39 is 18.2 Å². The number of amides is 3. The molecule has 14 heteroatoms. The highest BCUT2D eigenvalue weighted by Crippen LogP contribution is 2.35. The molecule has 14 nitrogen and oxygen atoms in total. The minimum atomic E-state index is -1.21. The van der Waals surface area contributed by atoms with E-state index in [-0.39, 0.29) is 35.7 Å². The SMILES string of the molecule is CC(C)[C@H](NC(=O)O)C(=O)N1CCC[C@H]1c1ncc(-c2ccc(-c3ccc(-c4cnc([C@@H]5CCCN5C(=O)[C@@H](Nc5ccncn5)C(C)C)[nH]4)cc3)cc2)[nH]1. The maximum Gasteiger partial charge on any atom is 0.405 e. The Kier molecular flexibility index (Phi) is 10.9. The molecule has 3 amide bonds. The number of carbonyl (C=O) groups excluding carboxylic acids is 2. The fraction of sp³-hybridized carbons (Fsp3) is 0.390. The summed E-state index contributed by atoms with van der Waals surface area (Å²) in [4.78, 5) is 66.8. The molecule has 2 saturated heterocycles. The molecule has 2 aliphatic rings. The van der Waals surface area contributed by atoms with Crippen molar-refractivity contribution in [3.8, 4) is 33.6 Å². The van der Waals surface area contributed by atoms with Crippen molar-refractivity contribution in [1.82, 2.24) is 45.0 Å². The van der Waals surface area contributed by atoms with E-state index in [1.807, 2.05) is 50.9 Å². The zero-order chi connectivity index (χ0) is 38.6. The number of aromatic amines is 2. The number of anilines is 1. The maximum absolute atomic E-state index is 13.8. The van der Waals surface area contributed by atoms with Gasteiger partial charge in [0.05, 0.1) is 35.9 Å². The molecule has 2 aromatic carbocycles.